The van der Waals surface area contributed by atoms with Crippen LogP contribution in [-0.2, 0) is 4.74 Å². The second-order valence-corrected chi connectivity index (χ2v) is 5.96. The SMILES string of the molecule is CCCCOCC(O)CSc1nc2ccc(C)cc2[nH]1. The maximum atomic E-state index is 9.84. The van der Waals surface area contributed by atoms with Gasteiger partial charge in [0.05, 0.1) is 23.7 Å². The fourth-order valence-electron chi connectivity index (χ4n) is 1.86. The highest BCUT2D eigenvalue weighted by Gasteiger charge is 2.08. The molecule has 0 saturated heterocycles. The molecule has 1 heterocycles. The van der Waals surface area contributed by atoms with Crippen LogP contribution < -0.4 is 0 Å². The number of nitrogens with zero attached hydrogens (tertiary/aromatic N) is 1. The molecule has 0 aliphatic rings. The molecule has 0 spiro atoms. The normalized spacial score (nSPS) is 12.9. The minimum absolute atomic E-state index is 0.395. The smallest absolute Gasteiger partial charge is 0.166 e. The van der Waals surface area contributed by atoms with Crippen molar-refractivity contribution in [1.82, 2.24) is 9.97 Å². The number of hydrogen-bond donors (Lipinski definition) is 2. The van der Waals surface area contributed by atoms with Crippen LogP contribution in [0.1, 0.15) is 25.3 Å². The number of nitrogens with one attached hydrogen (secondary N) is 1. The summed E-state index contributed by atoms with van der Waals surface area (Å²) in [5.41, 5.74) is 3.22. The fourth-order valence-corrected chi connectivity index (χ4v) is 2.65. The van der Waals surface area contributed by atoms with E-state index in [1.165, 1.54) is 17.3 Å². The average Bonchev–Trinajstić information content (AvgIpc) is 2.83. The Morgan fingerprint density at radius 1 is 1.45 bits per heavy atom. The lowest BCUT2D eigenvalue weighted by molar-refractivity contribution is 0.0473. The van der Waals surface area contributed by atoms with Crippen molar-refractivity contribution in [3.05, 3.63) is 23.8 Å². The number of hydrogen-bond acceptors (Lipinski definition) is 4. The van der Waals surface area contributed by atoms with E-state index >= 15 is 0 Å². The molecular weight excluding hydrogens is 272 g/mol. The van der Waals surface area contributed by atoms with Gasteiger partial charge in [-0.15, -0.1) is 0 Å². The van der Waals surface area contributed by atoms with Gasteiger partial charge in [-0.2, -0.15) is 0 Å². The fraction of sp³-hybridized carbons (Fsp3) is 0.533. The molecule has 2 rings (SSSR count). The second-order valence-electron chi connectivity index (χ2n) is 4.96. The standard InChI is InChI=1S/C15H22N2O2S/c1-3-4-7-19-9-12(18)10-20-15-16-13-6-5-11(2)8-14(13)17-15/h5-6,8,12,18H,3-4,7,9-10H2,1-2H3,(H,16,17). The second kappa shape index (κ2) is 7.67. The van der Waals surface area contributed by atoms with E-state index in [-0.39, 0.29) is 0 Å². The van der Waals surface area contributed by atoms with E-state index in [1.54, 1.807) is 0 Å². The number of H-pyrrole nitrogens is 1. The van der Waals surface area contributed by atoms with Crippen molar-refractivity contribution in [2.24, 2.45) is 0 Å². The Morgan fingerprint density at radius 3 is 3.10 bits per heavy atom. The lowest BCUT2D eigenvalue weighted by Crippen LogP contribution is -2.18. The highest BCUT2D eigenvalue weighted by Crippen LogP contribution is 2.20. The maximum Gasteiger partial charge on any atom is 0.166 e. The Kier molecular flexibility index (Phi) is 5.88. The summed E-state index contributed by atoms with van der Waals surface area (Å²) in [7, 11) is 0. The van der Waals surface area contributed by atoms with Crippen LogP contribution in [0.2, 0.25) is 0 Å². The lowest BCUT2D eigenvalue weighted by atomic mass is 10.2. The Labute approximate surface area is 123 Å². The van der Waals surface area contributed by atoms with E-state index in [0.29, 0.717) is 12.4 Å². The third kappa shape index (κ3) is 4.51. The predicted molar refractivity (Wildman–Crippen MR) is 83.3 cm³/mol. The summed E-state index contributed by atoms with van der Waals surface area (Å²) in [4.78, 5) is 7.76. The van der Waals surface area contributed by atoms with E-state index in [4.69, 9.17) is 4.74 Å². The molecule has 0 amide bonds. The third-order valence-corrected chi connectivity index (χ3v) is 4.00. The predicted octanol–water partition coefficient (Wildman–Crippen LogP) is 3.14. The highest BCUT2D eigenvalue weighted by molar-refractivity contribution is 7.99. The number of rotatable bonds is 8. The summed E-state index contributed by atoms with van der Waals surface area (Å²) in [6.45, 7) is 5.30. The van der Waals surface area contributed by atoms with Gasteiger partial charge in [0, 0.05) is 12.4 Å². The Morgan fingerprint density at radius 2 is 2.30 bits per heavy atom. The van der Waals surface area contributed by atoms with Crippen molar-refractivity contribution in [3.63, 3.8) is 0 Å². The number of unbranched alkanes of at least 4 members (excludes halogenated alkanes) is 1. The van der Waals surface area contributed by atoms with Gasteiger partial charge in [-0.05, 0) is 31.0 Å². The van der Waals surface area contributed by atoms with E-state index in [0.717, 1.165) is 35.6 Å². The van der Waals surface area contributed by atoms with E-state index in [1.807, 2.05) is 12.1 Å². The number of fused-ring (bicyclic) bond motifs is 1. The molecule has 0 saturated carbocycles. The Hall–Kier alpha value is -1.04. The van der Waals surface area contributed by atoms with Crippen LogP contribution in [0.25, 0.3) is 11.0 Å². The summed E-state index contributed by atoms with van der Waals surface area (Å²) < 4.78 is 5.40. The molecule has 0 fully saturated rings. The molecule has 1 aromatic carbocycles. The first-order valence-corrected chi connectivity index (χ1v) is 8.02. The van der Waals surface area contributed by atoms with Crippen molar-refractivity contribution >= 4 is 22.8 Å². The number of benzene rings is 1. The largest absolute Gasteiger partial charge is 0.390 e. The summed E-state index contributed by atoms with van der Waals surface area (Å²) in [5, 5.41) is 10.7. The van der Waals surface area contributed by atoms with E-state index in [2.05, 4.69) is 29.9 Å². The molecule has 20 heavy (non-hydrogen) atoms. The first-order chi connectivity index (χ1) is 9.69. The van der Waals surface area contributed by atoms with Crippen LogP contribution in [0.4, 0.5) is 0 Å². The number of imidazole rings is 1. The molecule has 0 aliphatic carbocycles. The molecule has 1 aromatic heterocycles. The molecule has 1 atom stereocenters. The van der Waals surface area contributed by atoms with Gasteiger partial charge >= 0.3 is 0 Å². The number of aromatic amines is 1. The summed E-state index contributed by atoms with van der Waals surface area (Å²) in [5.74, 6) is 0.588. The van der Waals surface area contributed by atoms with Gasteiger partial charge in [-0.25, -0.2) is 4.98 Å². The molecule has 0 aliphatic heterocycles. The number of thioether (sulfide) groups is 1. The molecular formula is C15H22N2O2S. The number of aryl methyl sites for hydroxylation is 1. The topological polar surface area (TPSA) is 58.1 Å². The zero-order valence-electron chi connectivity index (χ0n) is 12.1. The molecule has 0 radical (unpaired) electrons. The molecule has 4 nitrogen and oxygen atoms in total. The third-order valence-electron chi connectivity index (χ3n) is 2.98. The molecule has 2 N–H and O–H groups in total. The summed E-state index contributed by atoms with van der Waals surface area (Å²) in [6.07, 6.45) is 1.71. The summed E-state index contributed by atoms with van der Waals surface area (Å²) in [6, 6.07) is 6.14. The van der Waals surface area contributed by atoms with Crippen LogP contribution in [0.5, 0.6) is 0 Å². The first kappa shape index (κ1) is 15.4. The van der Waals surface area contributed by atoms with Gasteiger partial charge in [0.25, 0.3) is 0 Å². The quantitative estimate of drug-likeness (QED) is 0.580. The van der Waals surface area contributed by atoms with Crippen LogP contribution in [0, 0.1) is 6.92 Å². The highest BCUT2D eigenvalue weighted by atomic mass is 32.2. The van der Waals surface area contributed by atoms with Crippen molar-refractivity contribution < 1.29 is 9.84 Å². The van der Waals surface area contributed by atoms with Gasteiger partial charge < -0.3 is 14.8 Å². The zero-order valence-corrected chi connectivity index (χ0v) is 12.9. The lowest BCUT2D eigenvalue weighted by Gasteiger charge is -2.09. The van der Waals surface area contributed by atoms with Crippen molar-refractivity contribution in [3.8, 4) is 0 Å². The minimum atomic E-state index is -0.452. The van der Waals surface area contributed by atoms with Gasteiger partial charge in [0.15, 0.2) is 5.16 Å². The molecule has 1 unspecified atom stereocenters. The van der Waals surface area contributed by atoms with E-state index < -0.39 is 6.10 Å². The molecule has 110 valence electrons. The zero-order chi connectivity index (χ0) is 14.4. The Bertz CT molecular complexity index is 542. The average molecular weight is 294 g/mol. The van der Waals surface area contributed by atoms with Crippen LogP contribution >= 0.6 is 11.8 Å². The van der Waals surface area contributed by atoms with Crippen molar-refractivity contribution in [2.45, 2.75) is 37.9 Å². The van der Waals surface area contributed by atoms with Gasteiger partial charge in [-0.3, -0.25) is 0 Å². The first-order valence-electron chi connectivity index (χ1n) is 7.04. The Balaban J connectivity index is 1.80. The van der Waals surface area contributed by atoms with Crippen LogP contribution in [-0.4, -0.2) is 40.1 Å². The van der Waals surface area contributed by atoms with E-state index in [9.17, 15) is 5.11 Å². The van der Waals surface area contributed by atoms with Crippen molar-refractivity contribution in [1.29, 1.82) is 0 Å². The van der Waals surface area contributed by atoms with Crippen LogP contribution in [0.15, 0.2) is 23.4 Å². The maximum absolute atomic E-state index is 9.84. The van der Waals surface area contributed by atoms with Crippen LogP contribution in [0.3, 0.4) is 0 Å². The van der Waals surface area contributed by atoms with Gasteiger partial charge in [0.1, 0.15) is 0 Å². The van der Waals surface area contributed by atoms with Gasteiger partial charge in [0.2, 0.25) is 0 Å². The number of ether oxygens (including phenoxy) is 1. The number of aliphatic hydroxyl groups is 1. The van der Waals surface area contributed by atoms with Gasteiger partial charge in [-0.1, -0.05) is 31.2 Å². The molecule has 2 aromatic rings. The molecule has 5 heteroatoms. The minimum Gasteiger partial charge on any atom is -0.390 e. The monoisotopic (exact) mass is 294 g/mol. The number of aliphatic hydroxyl groups excluding tert-OH is 1. The van der Waals surface area contributed by atoms with Crippen molar-refractivity contribution in [2.75, 3.05) is 19.0 Å². The molecule has 0 bridgehead atoms. The summed E-state index contributed by atoms with van der Waals surface area (Å²) >= 11 is 1.53. The number of aromatic nitrogens is 2.